The van der Waals surface area contributed by atoms with Gasteiger partial charge in [0.2, 0.25) is 0 Å². The summed E-state index contributed by atoms with van der Waals surface area (Å²) < 4.78 is 23.9. The van der Waals surface area contributed by atoms with Gasteiger partial charge in [-0.1, -0.05) is 13.0 Å². The lowest BCUT2D eigenvalue weighted by Gasteiger charge is -2.08. The van der Waals surface area contributed by atoms with Crippen LogP contribution < -0.4 is 5.32 Å². The summed E-state index contributed by atoms with van der Waals surface area (Å²) in [5, 5.41) is 3.24. The number of benzene rings is 1. The first-order valence-electron chi connectivity index (χ1n) is 7.00. The molecule has 21 heavy (non-hydrogen) atoms. The average Bonchev–Trinajstić information content (AvgIpc) is 2.46. The van der Waals surface area contributed by atoms with E-state index in [1.54, 1.807) is 24.3 Å². The van der Waals surface area contributed by atoms with Crippen LogP contribution in [0.2, 0.25) is 0 Å². The number of hydrogen-bond acceptors (Lipinski definition) is 4. The van der Waals surface area contributed by atoms with E-state index in [9.17, 15) is 8.42 Å². The van der Waals surface area contributed by atoms with Crippen molar-refractivity contribution in [2.24, 2.45) is 0 Å². The lowest BCUT2D eigenvalue weighted by atomic mass is 10.3. The molecule has 112 valence electrons. The van der Waals surface area contributed by atoms with E-state index in [-0.39, 0.29) is 5.75 Å². The largest absolute Gasteiger partial charge is 0.379 e. The molecule has 0 unspecified atom stereocenters. The van der Waals surface area contributed by atoms with Crippen LogP contribution in [0.3, 0.4) is 0 Å². The third kappa shape index (κ3) is 4.29. The van der Waals surface area contributed by atoms with Crippen molar-refractivity contribution in [3.63, 3.8) is 0 Å². The molecule has 2 aromatic rings. The zero-order chi connectivity index (χ0) is 15.3. The second-order valence-electron chi connectivity index (χ2n) is 4.97. The van der Waals surface area contributed by atoms with E-state index in [0.717, 1.165) is 17.1 Å². The van der Waals surface area contributed by atoms with Crippen molar-refractivity contribution in [1.29, 1.82) is 0 Å². The van der Waals surface area contributed by atoms with E-state index < -0.39 is 9.84 Å². The maximum Gasteiger partial charge on any atom is 0.178 e. The third-order valence-corrected chi connectivity index (χ3v) is 5.04. The molecule has 0 aliphatic carbocycles. The summed E-state index contributed by atoms with van der Waals surface area (Å²) in [7, 11) is -3.14. The first-order valence-corrected chi connectivity index (χ1v) is 8.66. The number of anilines is 1. The van der Waals surface area contributed by atoms with Gasteiger partial charge in [-0.15, -0.1) is 0 Å². The van der Waals surface area contributed by atoms with Crippen molar-refractivity contribution in [2.45, 2.75) is 31.7 Å². The predicted molar refractivity (Wildman–Crippen MR) is 85.1 cm³/mol. The Morgan fingerprint density at radius 2 is 1.81 bits per heavy atom. The fraction of sp³-hybridized carbons (Fsp3) is 0.312. The summed E-state index contributed by atoms with van der Waals surface area (Å²) in [5.74, 6) is 0.187. The third-order valence-electron chi connectivity index (χ3n) is 3.11. The highest BCUT2D eigenvalue weighted by Crippen LogP contribution is 2.16. The average molecular weight is 304 g/mol. The second-order valence-corrected chi connectivity index (χ2v) is 7.08. The Bertz CT molecular complexity index is 694. The Hall–Kier alpha value is -1.88. The lowest BCUT2D eigenvalue weighted by Crippen LogP contribution is -2.06. The molecule has 0 bridgehead atoms. The van der Waals surface area contributed by atoms with Crippen molar-refractivity contribution in [1.82, 2.24) is 4.98 Å². The molecule has 1 aromatic heterocycles. The van der Waals surface area contributed by atoms with Crippen molar-refractivity contribution in [2.75, 3.05) is 11.1 Å². The summed E-state index contributed by atoms with van der Waals surface area (Å²) in [5.41, 5.74) is 2.82. The van der Waals surface area contributed by atoms with Crippen LogP contribution in [-0.2, 0) is 16.4 Å². The molecule has 4 nitrogen and oxygen atoms in total. The highest BCUT2D eigenvalue weighted by atomic mass is 32.2. The highest BCUT2D eigenvalue weighted by molar-refractivity contribution is 7.91. The van der Waals surface area contributed by atoms with Gasteiger partial charge in [0.25, 0.3) is 0 Å². The van der Waals surface area contributed by atoms with E-state index in [1.807, 2.05) is 32.0 Å². The Morgan fingerprint density at radius 1 is 1.10 bits per heavy atom. The zero-order valence-corrected chi connectivity index (χ0v) is 13.2. The molecule has 0 fully saturated rings. The number of hydrogen-bond donors (Lipinski definition) is 1. The Morgan fingerprint density at radius 3 is 2.43 bits per heavy atom. The number of nitrogens with zero attached hydrogens (tertiary/aromatic N) is 1. The predicted octanol–water partition coefficient (Wildman–Crippen LogP) is 3.19. The number of aromatic nitrogens is 1. The number of nitrogens with one attached hydrogen (secondary N) is 1. The summed E-state index contributed by atoms with van der Waals surface area (Å²) in [6.07, 6.45) is 0.626. The summed E-state index contributed by atoms with van der Waals surface area (Å²) in [4.78, 5) is 4.79. The van der Waals surface area contributed by atoms with Gasteiger partial charge in [0.05, 0.1) is 22.9 Å². The molecule has 0 atom stereocenters. The van der Waals surface area contributed by atoms with Gasteiger partial charge in [0, 0.05) is 11.4 Å². The van der Waals surface area contributed by atoms with Crippen molar-refractivity contribution >= 4 is 15.5 Å². The highest BCUT2D eigenvalue weighted by Gasteiger charge is 2.12. The minimum absolute atomic E-state index is 0.187. The minimum Gasteiger partial charge on any atom is -0.379 e. The number of sulfone groups is 1. The quantitative estimate of drug-likeness (QED) is 0.890. The van der Waals surface area contributed by atoms with Crippen molar-refractivity contribution in [3.8, 4) is 0 Å². The van der Waals surface area contributed by atoms with Gasteiger partial charge in [-0.2, -0.15) is 0 Å². The number of aryl methyl sites for hydroxylation is 1. The monoisotopic (exact) mass is 304 g/mol. The number of pyridine rings is 1. The Kier molecular flexibility index (Phi) is 4.96. The summed E-state index contributed by atoms with van der Waals surface area (Å²) in [6.45, 7) is 4.43. The maximum absolute atomic E-state index is 11.9. The smallest absolute Gasteiger partial charge is 0.178 e. The zero-order valence-electron chi connectivity index (χ0n) is 12.3. The SMILES string of the molecule is CCCS(=O)(=O)c1ccc(NCc2cccc(C)n2)cc1. The molecule has 1 N–H and O–H groups in total. The van der Waals surface area contributed by atoms with Gasteiger partial charge in [-0.05, 0) is 49.7 Å². The molecule has 0 aliphatic rings. The fourth-order valence-corrected chi connectivity index (χ4v) is 3.38. The molecular weight excluding hydrogens is 284 g/mol. The van der Waals surface area contributed by atoms with Gasteiger partial charge in [0.15, 0.2) is 9.84 Å². The Balaban J connectivity index is 2.03. The van der Waals surface area contributed by atoms with Gasteiger partial charge in [-0.25, -0.2) is 8.42 Å². The first kappa shape index (κ1) is 15.5. The van der Waals surface area contributed by atoms with E-state index in [0.29, 0.717) is 17.9 Å². The van der Waals surface area contributed by atoms with Crippen LogP contribution in [0.25, 0.3) is 0 Å². The van der Waals surface area contributed by atoms with Crippen LogP contribution >= 0.6 is 0 Å². The van der Waals surface area contributed by atoms with Crippen molar-refractivity contribution < 1.29 is 8.42 Å². The molecule has 0 saturated carbocycles. The molecule has 0 amide bonds. The topological polar surface area (TPSA) is 59.1 Å². The summed E-state index contributed by atoms with van der Waals surface area (Å²) >= 11 is 0. The van der Waals surface area contributed by atoms with E-state index in [1.165, 1.54) is 0 Å². The molecule has 1 heterocycles. The molecule has 5 heteroatoms. The van der Waals surface area contributed by atoms with Gasteiger partial charge in [0.1, 0.15) is 0 Å². The Labute approximate surface area is 126 Å². The maximum atomic E-state index is 11.9. The standard InChI is InChI=1S/C16H20N2O2S/c1-3-11-21(19,20)16-9-7-14(8-10-16)17-12-15-6-4-5-13(2)18-15/h4-10,17H,3,11-12H2,1-2H3. The molecule has 2 rings (SSSR count). The fourth-order valence-electron chi connectivity index (χ4n) is 2.06. The molecule has 0 aliphatic heterocycles. The van der Waals surface area contributed by atoms with E-state index in [4.69, 9.17) is 0 Å². The molecule has 0 spiro atoms. The molecular formula is C16H20N2O2S. The van der Waals surface area contributed by atoms with Crippen LogP contribution in [0, 0.1) is 6.92 Å². The lowest BCUT2D eigenvalue weighted by molar-refractivity contribution is 0.595. The van der Waals surface area contributed by atoms with Gasteiger partial charge >= 0.3 is 0 Å². The summed E-state index contributed by atoms with van der Waals surface area (Å²) in [6, 6.07) is 12.8. The van der Waals surface area contributed by atoms with Gasteiger partial charge in [-0.3, -0.25) is 4.98 Å². The molecule has 1 aromatic carbocycles. The van der Waals surface area contributed by atoms with Crippen molar-refractivity contribution in [3.05, 3.63) is 53.9 Å². The van der Waals surface area contributed by atoms with E-state index >= 15 is 0 Å². The van der Waals surface area contributed by atoms with Crippen LogP contribution in [0.15, 0.2) is 47.4 Å². The number of rotatable bonds is 6. The van der Waals surface area contributed by atoms with Gasteiger partial charge < -0.3 is 5.32 Å². The van der Waals surface area contributed by atoms with Crippen LogP contribution in [-0.4, -0.2) is 19.2 Å². The molecule has 0 saturated heterocycles. The van der Waals surface area contributed by atoms with E-state index in [2.05, 4.69) is 10.3 Å². The van der Waals surface area contributed by atoms with Crippen LogP contribution in [0.1, 0.15) is 24.7 Å². The first-order chi connectivity index (χ1) is 10.0. The minimum atomic E-state index is -3.14. The van der Waals surface area contributed by atoms with Crippen LogP contribution in [0.5, 0.6) is 0 Å². The molecule has 0 radical (unpaired) electrons. The normalized spacial score (nSPS) is 11.3. The van der Waals surface area contributed by atoms with Crippen LogP contribution in [0.4, 0.5) is 5.69 Å². The second kappa shape index (κ2) is 6.72.